The van der Waals surface area contributed by atoms with Gasteiger partial charge in [0.1, 0.15) is 5.70 Å². The van der Waals surface area contributed by atoms with Crippen LogP contribution in [0.5, 0.6) is 0 Å². The largest absolute Gasteiger partial charge is 0.430 e. The monoisotopic (exact) mass is 458 g/mol. The van der Waals surface area contributed by atoms with E-state index in [4.69, 9.17) is 11.1 Å². The maximum Gasteiger partial charge on any atom is 0.430 e. The number of rotatable bonds is 9. The summed E-state index contributed by atoms with van der Waals surface area (Å²) in [7, 11) is 0. The molecule has 0 radical (unpaired) electrons. The Hall–Kier alpha value is -3.00. The minimum Gasteiger partial charge on any atom is -0.395 e. The van der Waals surface area contributed by atoms with Crippen LogP contribution in [0.15, 0.2) is 59.9 Å². The molecule has 0 fully saturated rings. The van der Waals surface area contributed by atoms with Gasteiger partial charge < -0.3 is 5.73 Å². The van der Waals surface area contributed by atoms with E-state index in [1.54, 1.807) is 41.9 Å². The summed E-state index contributed by atoms with van der Waals surface area (Å²) in [4.78, 5) is 9.50. The number of alkyl halides is 3. The number of halogens is 3. The number of hydrogen-bond acceptors (Lipinski definition) is 5. The van der Waals surface area contributed by atoms with E-state index in [0.717, 1.165) is 41.7 Å². The molecule has 3 heterocycles. The second kappa shape index (κ2) is 10.5. The Morgan fingerprint density at radius 2 is 1.84 bits per heavy atom. The molecule has 8 heteroatoms. The zero-order valence-corrected chi connectivity index (χ0v) is 18.6. The van der Waals surface area contributed by atoms with Crippen molar-refractivity contribution in [2.24, 2.45) is 5.73 Å². The first-order valence-corrected chi connectivity index (χ1v) is 11.3. The molecule has 0 aliphatic carbocycles. The summed E-state index contributed by atoms with van der Waals surface area (Å²) in [5.74, 6) is 0. The maximum absolute atomic E-state index is 12.9. The van der Waals surface area contributed by atoms with Crippen molar-refractivity contribution in [1.82, 2.24) is 9.97 Å². The third kappa shape index (κ3) is 6.03. The number of nitrogens with one attached hydrogen (secondary N) is 1. The molecule has 0 bridgehead atoms. The van der Waals surface area contributed by atoms with Crippen molar-refractivity contribution in [2.45, 2.75) is 45.2 Å². The molecule has 0 aliphatic heterocycles. The Bertz CT molecular complexity index is 1090. The smallest absolute Gasteiger partial charge is 0.395 e. The third-order valence-corrected chi connectivity index (χ3v) is 6.02. The Morgan fingerprint density at radius 1 is 1.09 bits per heavy atom. The van der Waals surface area contributed by atoms with Crippen LogP contribution in [0.2, 0.25) is 0 Å². The molecule has 3 aromatic heterocycles. The second-order valence-corrected chi connectivity index (χ2v) is 8.38. The van der Waals surface area contributed by atoms with Gasteiger partial charge in [-0.1, -0.05) is 26.2 Å². The number of pyridine rings is 2. The van der Waals surface area contributed by atoms with Gasteiger partial charge in [0.2, 0.25) is 0 Å². The van der Waals surface area contributed by atoms with Gasteiger partial charge >= 0.3 is 6.18 Å². The van der Waals surface area contributed by atoms with Crippen LogP contribution in [0, 0.1) is 5.41 Å². The molecule has 4 nitrogen and oxygen atoms in total. The third-order valence-electron chi connectivity index (χ3n) is 5.01. The first-order valence-electron chi connectivity index (χ1n) is 10.4. The predicted molar refractivity (Wildman–Crippen MR) is 124 cm³/mol. The van der Waals surface area contributed by atoms with E-state index in [0.29, 0.717) is 11.8 Å². The minimum absolute atomic E-state index is 0.131. The summed E-state index contributed by atoms with van der Waals surface area (Å²) in [6, 6.07) is 9.21. The lowest BCUT2D eigenvalue weighted by Gasteiger charge is -2.11. The quantitative estimate of drug-likeness (QED) is 0.274. The van der Waals surface area contributed by atoms with Crippen molar-refractivity contribution < 1.29 is 13.2 Å². The van der Waals surface area contributed by atoms with Crippen LogP contribution in [-0.2, 0) is 6.42 Å². The van der Waals surface area contributed by atoms with E-state index in [1.165, 1.54) is 12.0 Å². The van der Waals surface area contributed by atoms with E-state index >= 15 is 0 Å². The SMILES string of the molecule is CCCCCCc1ccsc1-c1cc(C(=N)C=C(N)C(F)(F)F)nc(-c2ccncc2)c1. The highest BCUT2D eigenvalue weighted by molar-refractivity contribution is 7.13. The Labute approximate surface area is 189 Å². The van der Waals surface area contributed by atoms with Crippen LogP contribution < -0.4 is 5.73 Å². The van der Waals surface area contributed by atoms with Crippen molar-refractivity contribution in [3.8, 4) is 21.7 Å². The summed E-state index contributed by atoms with van der Waals surface area (Å²) in [5, 5.41) is 10.2. The van der Waals surface area contributed by atoms with Crippen LogP contribution >= 0.6 is 11.3 Å². The van der Waals surface area contributed by atoms with Gasteiger partial charge in [0.15, 0.2) is 0 Å². The molecule has 0 aliphatic rings. The number of hydrogen-bond donors (Lipinski definition) is 2. The first kappa shape index (κ1) is 23.7. The summed E-state index contributed by atoms with van der Waals surface area (Å²) >= 11 is 1.58. The van der Waals surface area contributed by atoms with Crippen molar-refractivity contribution >= 4 is 17.0 Å². The topological polar surface area (TPSA) is 75.7 Å². The van der Waals surface area contributed by atoms with Crippen molar-refractivity contribution in [1.29, 1.82) is 5.41 Å². The zero-order valence-electron chi connectivity index (χ0n) is 17.7. The second-order valence-electron chi connectivity index (χ2n) is 7.46. The van der Waals surface area contributed by atoms with E-state index in [9.17, 15) is 13.2 Å². The van der Waals surface area contributed by atoms with Crippen LogP contribution in [-0.4, -0.2) is 21.9 Å². The standard InChI is InChI=1S/C24H25F3N4S/c1-2-3-4-5-6-17-9-12-32-23(17)18-13-20(16-7-10-30-11-8-16)31-21(14-18)19(28)15-22(29)24(25,26)27/h7-15,28H,2-6,29H2,1H3. The average Bonchev–Trinajstić information content (AvgIpc) is 3.25. The summed E-state index contributed by atoms with van der Waals surface area (Å²) in [5.41, 5.74) is 6.90. The number of allylic oxidation sites excluding steroid dienone is 2. The molecular weight excluding hydrogens is 433 g/mol. The van der Waals surface area contributed by atoms with Gasteiger partial charge in [-0.15, -0.1) is 11.3 Å². The average molecular weight is 459 g/mol. The molecule has 3 N–H and O–H groups in total. The van der Waals surface area contributed by atoms with Gasteiger partial charge in [0.25, 0.3) is 0 Å². The lowest BCUT2D eigenvalue weighted by Crippen LogP contribution is -2.21. The Kier molecular flexibility index (Phi) is 7.80. The van der Waals surface area contributed by atoms with Gasteiger partial charge in [-0.3, -0.25) is 10.4 Å². The minimum atomic E-state index is -4.70. The number of nitrogens with zero attached hydrogens (tertiary/aromatic N) is 2. The fourth-order valence-electron chi connectivity index (χ4n) is 3.31. The summed E-state index contributed by atoms with van der Waals surface area (Å²) in [6.07, 6.45) is 4.68. The molecule has 168 valence electrons. The highest BCUT2D eigenvalue weighted by atomic mass is 32.1. The number of aromatic nitrogens is 2. The molecule has 0 saturated heterocycles. The molecule has 0 amide bonds. The fourth-order valence-corrected chi connectivity index (χ4v) is 4.25. The Balaban J connectivity index is 2.03. The first-order chi connectivity index (χ1) is 15.3. The van der Waals surface area contributed by atoms with Gasteiger partial charge in [0.05, 0.1) is 17.1 Å². The van der Waals surface area contributed by atoms with Crippen LogP contribution in [0.1, 0.15) is 43.9 Å². The van der Waals surface area contributed by atoms with Gasteiger partial charge in [-0.05, 0) is 65.8 Å². The molecular formula is C24H25F3N4S. The van der Waals surface area contributed by atoms with E-state index in [2.05, 4.69) is 23.0 Å². The molecule has 32 heavy (non-hydrogen) atoms. The zero-order chi connectivity index (χ0) is 23.1. The molecule has 3 aromatic rings. The van der Waals surface area contributed by atoms with E-state index in [-0.39, 0.29) is 5.69 Å². The number of unbranched alkanes of at least 4 members (excludes halogenated alkanes) is 3. The molecule has 3 rings (SSSR count). The molecule has 0 atom stereocenters. The predicted octanol–water partition coefficient (Wildman–Crippen LogP) is 6.77. The summed E-state index contributed by atoms with van der Waals surface area (Å²) in [6.45, 7) is 2.17. The maximum atomic E-state index is 12.9. The lowest BCUT2D eigenvalue weighted by atomic mass is 10.0. The van der Waals surface area contributed by atoms with Crippen LogP contribution in [0.4, 0.5) is 13.2 Å². The summed E-state index contributed by atoms with van der Waals surface area (Å²) < 4.78 is 38.6. The lowest BCUT2D eigenvalue weighted by molar-refractivity contribution is -0.0925. The van der Waals surface area contributed by atoms with Gasteiger partial charge in [-0.2, -0.15) is 13.2 Å². The Morgan fingerprint density at radius 3 is 2.53 bits per heavy atom. The van der Waals surface area contributed by atoms with Crippen LogP contribution in [0.3, 0.4) is 0 Å². The van der Waals surface area contributed by atoms with E-state index in [1.807, 2.05) is 11.4 Å². The van der Waals surface area contributed by atoms with Crippen molar-refractivity contribution in [3.05, 3.63) is 71.1 Å². The highest BCUT2D eigenvalue weighted by Crippen LogP contribution is 2.34. The molecule has 0 aromatic carbocycles. The number of thiophene rings is 1. The van der Waals surface area contributed by atoms with Gasteiger partial charge in [0, 0.05) is 22.8 Å². The van der Waals surface area contributed by atoms with E-state index < -0.39 is 17.6 Å². The number of aryl methyl sites for hydroxylation is 1. The van der Waals surface area contributed by atoms with Crippen molar-refractivity contribution in [3.63, 3.8) is 0 Å². The van der Waals surface area contributed by atoms with Crippen molar-refractivity contribution in [2.75, 3.05) is 0 Å². The highest BCUT2D eigenvalue weighted by Gasteiger charge is 2.31. The van der Waals surface area contributed by atoms with Gasteiger partial charge in [-0.25, -0.2) is 4.98 Å². The molecule has 0 saturated carbocycles. The normalized spacial score (nSPS) is 12.2. The number of nitrogens with two attached hydrogens (primary N) is 1. The molecule has 0 spiro atoms. The van der Waals surface area contributed by atoms with Crippen LogP contribution in [0.25, 0.3) is 21.7 Å². The fraction of sp³-hybridized carbons (Fsp3) is 0.292. The molecule has 0 unspecified atom stereocenters.